The minimum Gasteiger partial charge on any atom is -0.444 e. The van der Waals surface area contributed by atoms with E-state index < -0.39 is 15.4 Å². The second-order valence-electron chi connectivity index (χ2n) is 7.68. The molecule has 13 heteroatoms. The molecular formula is C19H23BrN6O6. The number of amides is 1. The summed E-state index contributed by atoms with van der Waals surface area (Å²) < 4.78 is 6.08. The largest absolute Gasteiger partial charge is 0.444 e. The molecule has 0 N–H and O–H groups in total. The maximum absolute atomic E-state index is 12.0. The van der Waals surface area contributed by atoms with Gasteiger partial charge in [-0.15, -0.1) is 0 Å². The summed E-state index contributed by atoms with van der Waals surface area (Å²) in [6.07, 6.45) is 2.56. The van der Waals surface area contributed by atoms with Gasteiger partial charge < -0.3 is 34.8 Å². The van der Waals surface area contributed by atoms with Crippen LogP contribution in [0.15, 0.2) is 41.1 Å². The van der Waals surface area contributed by atoms with Crippen LogP contribution in [0.1, 0.15) is 20.8 Å². The number of ether oxygens (including phenoxy) is 1. The van der Waals surface area contributed by atoms with E-state index in [1.165, 1.54) is 24.5 Å². The van der Waals surface area contributed by atoms with Crippen molar-refractivity contribution in [3.63, 3.8) is 0 Å². The highest BCUT2D eigenvalue weighted by atomic mass is 79.9. The van der Waals surface area contributed by atoms with E-state index >= 15 is 0 Å². The highest BCUT2D eigenvalue weighted by molar-refractivity contribution is 9.10. The highest BCUT2D eigenvalue weighted by Gasteiger charge is 2.26. The lowest BCUT2D eigenvalue weighted by Crippen LogP contribution is -2.50. The van der Waals surface area contributed by atoms with E-state index in [4.69, 9.17) is 4.74 Å². The predicted octanol–water partition coefficient (Wildman–Crippen LogP) is 3.80. The molecule has 2 aromatic heterocycles. The fourth-order valence-electron chi connectivity index (χ4n) is 2.62. The van der Waals surface area contributed by atoms with Crippen LogP contribution in [0.2, 0.25) is 0 Å². The summed E-state index contributed by atoms with van der Waals surface area (Å²) in [5.41, 5.74) is 0.311. The second-order valence-corrected chi connectivity index (χ2v) is 8.59. The molecular weight excluding hydrogens is 488 g/mol. The Balaban J connectivity index is 0.000000303. The molecule has 1 fully saturated rings. The van der Waals surface area contributed by atoms with Gasteiger partial charge in [-0.3, -0.25) is 0 Å². The molecule has 0 aliphatic carbocycles. The molecule has 3 heterocycles. The smallest absolute Gasteiger partial charge is 0.410 e. The van der Waals surface area contributed by atoms with Crippen LogP contribution in [0.3, 0.4) is 0 Å². The second kappa shape index (κ2) is 10.8. The number of nitrogens with zero attached hydrogens (tertiary/aromatic N) is 6. The lowest BCUT2D eigenvalue weighted by molar-refractivity contribution is -0.389. The number of nitro groups is 2. The van der Waals surface area contributed by atoms with Crippen LogP contribution in [0, 0.1) is 20.2 Å². The molecule has 1 amide bonds. The molecule has 32 heavy (non-hydrogen) atoms. The molecule has 3 rings (SSSR count). The van der Waals surface area contributed by atoms with Crippen LogP contribution < -0.4 is 4.90 Å². The maximum atomic E-state index is 12.0. The van der Waals surface area contributed by atoms with Gasteiger partial charge in [-0.2, -0.15) is 0 Å². The van der Waals surface area contributed by atoms with Crippen molar-refractivity contribution >= 4 is 39.3 Å². The van der Waals surface area contributed by atoms with Crippen molar-refractivity contribution in [3.8, 4) is 0 Å². The van der Waals surface area contributed by atoms with E-state index in [1.54, 1.807) is 17.0 Å². The van der Waals surface area contributed by atoms with Crippen molar-refractivity contribution in [2.75, 3.05) is 31.1 Å². The third-order valence-corrected chi connectivity index (χ3v) is 4.58. The third kappa shape index (κ3) is 7.72. The Bertz CT molecular complexity index is 940. The van der Waals surface area contributed by atoms with Crippen LogP contribution in [0.4, 0.5) is 22.1 Å². The molecule has 0 aromatic carbocycles. The summed E-state index contributed by atoms with van der Waals surface area (Å²) >= 11 is 3.11. The maximum Gasteiger partial charge on any atom is 0.410 e. The van der Waals surface area contributed by atoms with Crippen molar-refractivity contribution in [2.45, 2.75) is 26.4 Å². The summed E-state index contributed by atoms with van der Waals surface area (Å²) in [6, 6.07) is 5.97. The Morgan fingerprint density at radius 3 is 1.91 bits per heavy atom. The zero-order valence-corrected chi connectivity index (χ0v) is 19.4. The summed E-state index contributed by atoms with van der Waals surface area (Å²) in [5, 5.41) is 20.6. The fraction of sp³-hybridized carbons (Fsp3) is 0.421. The highest BCUT2D eigenvalue weighted by Crippen LogP contribution is 2.19. The monoisotopic (exact) mass is 510 g/mol. The minimum atomic E-state index is -0.535. The number of anilines is 1. The Hall–Kier alpha value is -3.35. The standard InChI is InChI=1S/C14H20N4O4.C5H3BrN2O2/c1-14(2,3)22-13(19)17-8-6-16(7-9-17)11-4-5-12(15-10-11)18(20)21;6-4-1-2-5(7-3-4)8(9)10/h4-5,10H,6-9H2,1-3H3;1-3H. The van der Waals surface area contributed by atoms with Gasteiger partial charge in [0.25, 0.3) is 0 Å². The van der Waals surface area contributed by atoms with Gasteiger partial charge in [0.2, 0.25) is 0 Å². The van der Waals surface area contributed by atoms with E-state index in [2.05, 4.69) is 25.9 Å². The van der Waals surface area contributed by atoms with Gasteiger partial charge in [0.1, 0.15) is 5.60 Å². The first-order valence-electron chi connectivity index (χ1n) is 9.55. The summed E-state index contributed by atoms with van der Waals surface area (Å²) in [6.45, 7) is 7.88. The number of rotatable bonds is 3. The molecule has 1 aliphatic heterocycles. The van der Waals surface area contributed by atoms with Crippen LogP contribution in [0.25, 0.3) is 0 Å². The normalized spacial score (nSPS) is 13.6. The quantitative estimate of drug-likeness (QED) is 0.444. The van der Waals surface area contributed by atoms with Crippen molar-refractivity contribution in [1.82, 2.24) is 14.9 Å². The first-order chi connectivity index (χ1) is 15.0. The molecule has 0 unspecified atom stereocenters. The number of aromatic nitrogens is 2. The molecule has 172 valence electrons. The summed E-state index contributed by atoms with van der Waals surface area (Å²) in [7, 11) is 0. The van der Waals surface area contributed by atoms with Crippen molar-refractivity contribution in [3.05, 3.63) is 61.4 Å². The van der Waals surface area contributed by atoms with Gasteiger partial charge in [-0.25, -0.2) is 4.79 Å². The third-order valence-electron chi connectivity index (χ3n) is 4.11. The van der Waals surface area contributed by atoms with Crippen LogP contribution in [-0.2, 0) is 4.74 Å². The molecule has 0 bridgehead atoms. The number of carbonyl (C=O) groups is 1. The molecule has 1 aliphatic rings. The Kier molecular flexibility index (Phi) is 8.41. The molecule has 0 saturated carbocycles. The number of hydrogen-bond acceptors (Lipinski definition) is 9. The number of hydrogen-bond donors (Lipinski definition) is 0. The summed E-state index contributed by atoms with van der Waals surface area (Å²) in [4.78, 5) is 42.6. The number of halogens is 1. The summed E-state index contributed by atoms with van der Waals surface area (Å²) in [5.74, 6) is -0.306. The average Bonchev–Trinajstić information content (AvgIpc) is 2.73. The van der Waals surface area contributed by atoms with Gasteiger partial charge in [-0.1, -0.05) is 0 Å². The SMILES string of the molecule is CC(C)(C)OC(=O)N1CCN(c2ccc([N+](=O)[O-])nc2)CC1.O=[N+]([O-])c1ccc(Br)cn1. The van der Waals surface area contributed by atoms with E-state index in [0.29, 0.717) is 26.2 Å². The van der Waals surface area contributed by atoms with Crippen LogP contribution in [-0.4, -0.2) is 62.6 Å². The number of carbonyl (C=O) groups excluding carboxylic acids is 1. The molecule has 1 saturated heterocycles. The Morgan fingerprint density at radius 2 is 1.50 bits per heavy atom. The first kappa shape index (κ1) is 24.9. The topological polar surface area (TPSA) is 145 Å². The lowest BCUT2D eigenvalue weighted by Gasteiger charge is -2.36. The van der Waals surface area contributed by atoms with Gasteiger partial charge in [-0.05, 0) is 68.6 Å². The predicted molar refractivity (Wildman–Crippen MR) is 120 cm³/mol. The number of pyridine rings is 2. The Labute approximate surface area is 192 Å². The van der Waals surface area contributed by atoms with Crippen LogP contribution >= 0.6 is 15.9 Å². The average molecular weight is 511 g/mol. The van der Waals surface area contributed by atoms with Crippen molar-refractivity contribution in [2.24, 2.45) is 0 Å². The van der Waals surface area contributed by atoms with Gasteiger partial charge in [0.05, 0.1) is 10.2 Å². The zero-order valence-electron chi connectivity index (χ0n) is 17.8. The van der Waals surface area contributed by atoms with E-state index in [9.17, 15) is 25.0 Å². The first-order valence-corrected chi connectivity index (χ1v) is 10.3. The van der Waals surface area contributed by atoms with Crippen LogP contribution in [0.5, 0.6) is 0 Å². The van der Waals surface area contributed by atoms with E-state index in [1.807, 2.05) is 25.7 Å². The van der Waals surface area contributed by atoms with E-state index in [-0.39, 0.29) is 17.7 Å². The zero-order chi connectivity index (χ0) is 23.9. The lowest BCUT2D eigenvalue weighted by atomic mass is 10.2. The molecule has 0 spiro atoms. The molecule has 0 atom stereocenters. The van der Waals surface area contributed by atoms with Gasteiger partial charge in [0.15, 0.2) is 12.4 Å². The molecule has 0 radical (unpaired) electrons. The van der Waals surface area contributed by atoms with Gasteiger partial charge in [0, 0.05) is 38.3 Å². The molecule has 12 nitrogen and oxygen atoms in total. The minimum absolute atomic E-state index is 0.136. The number of piperazine rings is 1. The van der Waals surface area contributed by atoms with E-state index in [0.717, 1.165) is 10.2 Å². The molecule has 2 aromatic rings. The Morgan fingerprint density at radius 1 is 0.969 bits per heavy atom. The van der Waals surface area contributed by atoms with Crippen molar-refractivity contribution < 1.29 is 19.4 Å². The van der Waals surface area contributed by atoms with Crippen molar-refractivity contribution in [1.29, 1.82) is 0 Å². The fourth-order valence-corrected chi connectivity index (χ4v) is 2.86. The van der Waals surface area contributed by atoms with Gasteiger partial charge >= 0.3 is 17.7 Å².